The molecule has 0 radical (unpaired) electrons. The molecule has 2 aromatic rings. The Labute approximate surface area is 142 Å². The van der Waals surface area contributed by atoms with Crippen molar-refractivity contribution in [3.05, 3.63) is 38.6 Å². The second-order valence-corrected chi connectivity index (χ2v) is 6.62. The fraction of sp³-hybridized carbons (Fsp3) is 0.385. The van der Waals surface area contributed by atoms with Gasteiger partial charge in [0, 0.05) is 22.8 Å². The maximum Gasteiger partial charge on any atom is 0.210 e. The summed E-state index contributed by atoms with van der Waals surface area (Å²) in [4.78, 5) is 0. The standard InChI is InChI=1S/C13H15Cl3N4S/c1-2-3-4-11-18-19-13(20(11)17)21-7-8-9(14)5-6-10(15)12(8)16/h5-6H,2-4,7,17H2,1H3. The van der Waals surface area contributed by atoms with Gasteiger partial charge in [0.15, 0.2) is 5.82 Å². The van der Waals surface area contributed by atoms with Crippen molar-refractivity contribution in [2.75, 3.05) is 5.84 Å². The minimum atomic E-state index is 0.464. The number of nitrogens with two attached hydrogens (primary N) is 1. The zero-order chi connectivity index (χ0) is 15.4. The van der Waals surface area contributed by atoms with Gasteiger partial charge in [-0.1, -0.05) is 59.9 Å². The van der Waals surface area contributed by atoms with Crippen molar-refractivity contribution in [1.29, 1.82) is 0 Å². The fourth-order valence-electron chi connectivity index (χ4n) is 1.75. The van der Waals surface area contributed by atoms with Crippen molar-refractivity contribution >= 4 is 46.6 Å². The van der Waals surface area contributed by atoms with Gasteiger partial charge in [0.05, 0.1) is 10.0 Å². The third-order valence-corrected chi connectivity index (χ3v) is 5.14. The first kappa shape index (κ1) is 16.7. The van der Waals surface area contributed by atoms with Crippen molar-refractivity contribution in [3.63, 3.8) is 0 Å². The predicted molar refractivity (Wildman–Crippen MR) is 89.8 cm³/mol. The molecule has 1 aromatic carbocycles. The van der Waals surface area contributed by atoms with E-state index in [0.29, 0.717) is 26.0 Å². The average Bonchev–Trinajstić information content (AvgIpc) is 2.82. The third kappa shape index (κ3) is 3.97. The summed E-state index contributed by atoms with van der Waals surface area (Å²) in [5.41, 5.74) is 0.772. The Morgan fingerprint density at radius 2 is 1.90 bits per heavy atom. The Kier molecular flexibility index (Phi) is 6.05. The zero-order valence-electron chi connectivity index (χ0n) is 11.4. The van der Waals surface area contributed by atoms with Gasteiger partial charge in [0.1, 0.15) is 0 Å². The lowest BCUT2D eigenvalue weighted by atomic mass is 10.2. The highest BCUT2D eigenvalue weighted by Gasteiger charge is 2.14. The van der Waals surface area contributed by atoms with E-state index in [1.165, 1.54) is 16.4 Å². The molecule has 0 bridgehead atoms. The van der Waals surface area contributed by atoms with Gasteiger partial charge >= 0.3 is 0 Å². The molecule has 0 amide bonds. The Morgan fingerprint density at radius 3 is 2.62 bits per heavy atom. The maximum absolute atomic E-state index is 6.17. The number of nitrogens with zero attached hydrogens (tertiary/aromatic N) is 3. The number of hydrogen-bond acceptors (Lipinski definition) is 4. The maximum atomic E-state index is 6.17. The van der Waals surface area contributed by atoms with Gasteiger partial charge < -0.3 is 5.84 Å². The normalized spacial score (nSPS) is 11.0. The van der Waals surface area contributed by atoms with Crippen molar-refractivity contribution < 1.29 is 0 Å². The van der Waals surface area contributed by atoms with E-state index in [1.807, 2.05) is 0 Å². The number of hydrogen-bond donors (Lipinski definition) is 1. The van der Waals surface area contributed by atoms with E-state index in [4.69, 9.17) is 40.6 Å². The number of rotatable bonds is 6. The molecular formula is C13H15Cl3N4S. The molecule has 0 saturated carbocycles. The number of aryl methyl sites for hydroxylation is 1. The molecule has 0 saturated heterocycles. The SMILES string of the molecule is CCCCc1nnc(SCc2c(Cl)ccc(Cl)c2Cl)n1N. The van der Waals surface area contributed by atoms with Crippen LogP contribution in [-0.2, 0) is 12.2 Å². The van der Waals surface area contributed by atoms with Crippen LogP contribution in [0.4, 0.5) is 0 Å². The van der Waals surface area contributed by atoms with Crippen LogP contribution in [0.1, 0.15) is 31.2 Å². The number of halogens is 3. The van der Waals surface area contributed by atoms with E-state index in [0.717, 1.165) is 30.7 Å². The summed E-state index contributed by atoms with van der Waals surface area (Å²) in [5, 5.41) is 10.4. The lowest BCUT2D eigenvalue weighted by Crippen LogP contribution is -2.14. The van der Waals surface area contributed by atoms with Crippen LogP contribution in [0.15, 0.2) is 17.3 Å². The van der Waals surface area contributed by atoms with Gasteiger partial charge in [-0.2, -0.15) is 0 Å². The molecule has 0 aliphatic rings. The third-order valence-electron chi connectivity index (χ3n) is 2.97. The minimum Gasteiger partial charge on any atom is -0.336 e. The highest BCUT2D eigenvalue weighted by atomic mass is 35.5. The monoisotopic (exact) mass is 364 g/mol. The Bertz CT molecular complexity index is 630. The van der Waals surface area contributed by atoms with E-state index in [1.54, 1.807) is 12.1 Å². The average molecular weight is 366 g/mol. The van der Waals surface area contributed by atoms with Crippen LogP contribution in [0.3, 0.4) is 0 Å². The summed E-state index contributed by atoms with van der Waals surface area (Å²) in [6.07, 6.45) is 2.94. The Balaban J connectivity index is 2.10. The highest BCUT2D eigenvalue weighted by Crippen LogP contribution is 2.35. The summed E-state index contributed by atoms with van der Waals surface area (Å²) in [6, 6.07) is 3.40. The molecule has 2 rings (SSSR count). The topological polar surface area (TPSA) is 56.7 Å². The first-order chi connectivity index (χ1) is 10.0. The van der Waals surface area contributed by atoms with Crippen LogP contribution in [0, 0.1) is 0 Å². The molecule has 0 atom stereocenters. The molecule has 4 nitrogen and oxygen atoms in total. The first-order valence-electron chi connectivity index (χ1n) is 6.49. The van der Waals surface area contributed by atoms with Crippen LogP contribution < -0.4 is 5.84 Å². The van der Waals surface area contributed by atoms with E-state index >= 15 is 0 Å². The molecule has 0 spiro atoms. The van der Waals surface area contributed by atoms with Crippen molar-refractivity contribution in [2.24, 2.45) is 0 Å². The van der Waals surface area contributed by atoms with E-state index in [2.05, 4.69) is 17.1 Å². The van der Waals surface area contributed by atoms with E-state index < -0.39 is 0 Å². The second-order valence-electron chi connectivity index (χ2n) is 4.48. The largest absolute Gasteiger partial charge is 0.336 e. The van der Waals surface area contributed by atoms with Crippen LogP contribution in [0.5, 0.6) is 0 Å². The van der Waals surface area contributed by atoms with Crippen LogP contribution in [-0.4, -0.2) is 14.9 Å². The fourth-order valence-corrected chi connectivity index (χ4v) is 3.51. The molecular weight excluding hydrogens is 351 g/mol. The lowest BCUT2D eigenvalue weighted by molar-refractivity contribution is 0.712. The van der Waals surface area contributed by atoms with Crippen LogP contribution in [0.2, 0.25) is 15.1 Å². The van der Waals surface area contributed by atoms with E-state index in [9.17, 15) is 0 Å². The number of unbranched alkanes of at least 4 members (excludes halogenated alkanes) is 1. The van der Waals surface area contributed by atoms with Gasteiger partial charge in [-0.15, -0.1) is 10.2 Å². The Hall–Kier alpha value is -0.620. The van der Waals surface area contributed by atoms with Gasteiger partial charge in [-0.25, -0.2) is 4.68 Å². The van der Waals surface area contributed by atoms with Crippen molar-refractivity contribution in [2.45, 2.75) is 37.1 Å². The number of nitrogen functional groups attached to an aromatic ring is 1. The van der Waals surface area contributed by atoms with Crippen LogP contribution in [0.25, 0.3) is 0 Å². The lowest BCUT2D eigenvalue weighted by Gasteiger charge is -2.08. The quantitative estimate of drug-likeness (QED) is 0.462. The van der Waals surface area contributed by atoms with Gasteiger partial charge in [-0.05, 0) is 18.6 Å². The molecule has 1 heterocycles. The molecule has 114 valence electrons. The summed E-state index contributed by atoms with van der Waals surface area (Å²) in [5.74, 6) is 7.30. The van der Waals surface area contributed by atoms with Crippen molar-refractivity contribution in [3.8, 4) is 0 Å². The number of benzene rings is 1. The smallest absolute Gasteiger partial charge is 0.210 e. The van der Waals surface area contributed by atoms with Crippen molar-refractivity contribution in [1.82, 2.24) is 14.9 Å². The molecule has 0 aliphatic carbocycles. The van der Waals surface area contributed by atoms with Crippen LogP contribution >= 0.6 is 46.6 Å². The summed E-state index contributed by atoms with van der Waals surface area (Å²) in [6.45, 7) is 2.12. The summed E-state index contributed by atoms with van der Waals surface area (Å²) in [7, 11) is 0. The molecule has 8 heteroatoms. The summed E-state index contributed by atoms with van der Waals surface area (Å²) >= 11 is 19.8. The molecule has 0 unspecified atom stereocenters. The molecule has 21 heavy (non-hydrogen) atoms. The predicted octanol–water partition coefficient (Wildman–Crippen LogP) is 4.59. The molecule has 1 aromatic heterocycles. The number of thioether (sulfide) groups is 1. The zero-order valence-corrected chi connectivity index (χ0v) is 14.5. The van der Waals surface area contributed by atoms with Gasteiger partial charge in [0.2, 0.25) is 5.16 Å². The summed E-state index contributed by atoms with van der Waals surface area (Å²) < 4.78 is 1.52. The molecule has 0 aliphatic heterocycles. The second kappa shape index (κ2) is 7.58. The van der Waals surface area contributed by atoms with E-state index in [-0.39, 0.29) is 0 Å². The molecule has 2 N–H and O–H groups in total. The minimum absolute atomic E-state index is 0.464. The Morgan fingerprint density at radius 1 is 1.19 bits per heavy atom. The first-order valence-corrected chi connectivity index (χ1v) is 8.61. The number of aromatic nitrogens is 3. The highest BCUT2D eigenvalue weighted by molar-refractivity contribution is 7.98. The molecule has 0 fully saturated rings. The van der Waals surface area contributed by atoms with Gasteiger partial charge in [-0.3, -0.25) is 0 Å². The van der Waals surface area contributed by atoms with Gasteiger partial charge in [0.25, 0.3) is 0 Å².